The van der Waals surface area contributed by atoms with Crippen LogP contribution in [0, 0.1) is 16.7 Å². The molecule has 3 rings (SSSR count). The molecule has 2 N–H and O–H groups in total. The summed E-state index contributed by atoms with van der Waals surface area (Å²) in [5.74, 6) is -0.414. The molecule has 1 aliphatic heterocycles. The quantitative estimate of drug-likeness (QED) is 0.855. The summed E-state index contributed by atoms with van der Waals surface area (Å²) in [4.78, 5) is 11.4. The number of aryl methyl sites for hydroxylation is 1. The van der Waals surface area contributed by atoms with Gasteiger partial charge in [0, 0.05) is 7.05 Å². The van der Waals surface area contributed by atoms with E-state index in [9.17, 15) is 10.1 Å². The minimum atomic E-state index is -0.670. The normalized spacial score (nSPS) is 18.8. The van der Waals surface area contributed by atoms with Crippen LogP contribution in [-0.4, -0.2) is 17.8 Å². The van der Waals surface area contributed by atoms with E-state index in [1.54, 1.807) is 25.2 Å². The maximum atomic E-state index is 11.4. The molecule has 98 valence electrons. The number of rotatable bonds is 2. The maximum Gasteiger partial charge on any atom is 0.419 e. The van der Waals surface area contributed by atoms with E-state index in [4.69, 9.17) is 14.9 Å². The molecule has 0 radical (unpaired) electrons. The number of fused-ring (bicyclic) bond motifs is 1. The summed E-state index contributed by atoms with van der Waals surface area (Å²) in [6.45, 7) is 0.681. The van der Waals surface area contributed by atoms with Gasteiger partial charge in [0.25, 0.3) is 0 Å². The summed E-state index contributed by atoms with van der Waals surface area (Å²) in [6.07, 6.45) is 0. The fourth-order valence-electron chi connectivity index (χ4n) is 2.29. The van der Waals surface area contributed by atoms with Crippen LogP contribution in [0.25, 0.3) is 11.1 Å². The molecule has 6 heteroatoms. The number of nitrogens with two attached hydrogens (primary N) is 1. The average molecular weight is 259 g/mol. The topological polar surface area (TPSA) is 94.2 Å². The first-order valence-corrected chi connectivity index (χ1v) is 5.91. The zero-order valence-electron chi connectivity index (χ0n) is 10.4. The Kier molecular flexibility index (Phi) is 2.49. The molecule has 1 fully saturated rings. The van der Waals surface area contributed by atoms with Crippen molar-refractivity contribution in [3.63, 3.8) is 0 Å². The number of ether oxygens (including phenoxy) is 1. The molecule has 0 amide bonds. The standard InChI is InChI=1S/C13H13N3O3/c1-16-9-4-8(2-3-10(9)19-12(16)17)11(15)13(5-14)6-18-7-13/h2-4,11H,6-7,15H2,1H3. The van der Waals surface area contributed by atoms with E-state index < -0.39 is 17.2 Å². The second-order valence-corrected chi connectivity index (χ2v) is 4.89. The van der Waals surface area contributed by atoms with Gasteiger partial charge < -0.3 is 14.9 Å². The van der Waals surface area contributed by atoms with Crippen LogP contribution in [0.3, 0.4) is 0 Å². The summed E-state index contributed by atoms with van der Waals surface area (Å²) < 4.78 is 11.6. The van der Waals surface area contributed by atoms with E-state index in [0.29, 0.717) is 24.3 Å². The van der Waals surface area contributed by atoms with Crippen molar-refractivity contribution in [3.8, 4) is 6.07 Å². The molecule has 0 saturated carbocycles. The molecule has 1 aromatic heterocycles. The van der Waals surface area contributed by atoms with Crippen LogP contribution >= 0.6 is 0 Å². The Bertz CT molecular complexity index is 734. The predicted octanol–water partition coefficient (Wildman–Crippen LogP) is 0.671. The minimum Gasteiger partial charge on any atom is -0.408 e. The number of nitrogens with zero attached hydrogens (tertiary/aromatic N) is 2. The highest BCUT2D eigenvalue weighted by Gasteiger charge is 2.45. The Morgan fingerprint density at radius 2 is 2.26 bits per heavy atom. The fraction of sp³-hybridized carbons (Fsp3) is 0.385. The zero-order valence-corrected chi connectivity index (χ0v) is 10.4. The Labute approximate surface area is 109 Å². The fourth-order valence-corrected chi connectivity index (χ4v) is 2.29. The lowest BCUT2D eigenvalue weighted by molar-refractivity contribution is -0.0910. The van der Waals surface area contributed by atoms with Gasteiger partial charge in [-0.05, 0) is 17.7 Å². The minimum absolute atomic E-state index is 0.340. The van der Waals surface area contributed by atoms with Crippen molar-refractivity contribution in [1.29, 1.82) is 5.26 Å². The van der Waals surface area contributed by atoms with Gasteiger partial charge in [0.15, 0.2) is 5.58 Å². The number of benzene rings is 1. The molecule has 0 spiro atoms. The summed E-state index contributed by atoms with van der Waals surface area (Å²) in [7, 11) is 1.63. The van der Waals surface area contributed by atoms with Crippen molar-refractivity contribution in [2.75, 3.05) is 13.2 Å². The lowest BCUT2D eigenvalue weighted by Crippen LogP contribution is -2.49. The van der Waals surface area contributed by atoms with Gasteiger partial charge in [-0.3, -0.25) is 4.57 Å². The number of nitriles is 1. The van der Waals surface area contributed by atoms with Crippen molar-refractivity contribution >= 4 is 11.1 Å². The predicted molar refractivity (Wildman–Crippen MR) is 67.2 cm³/mol. The van der Waals surface area contributed by atoms with Gasteiger partial charge in [-0.2, -0.15) is 5.26 Å². The molecule has 6 nitrogen and oxygen atoms in total. The number of aromatic nitrogens is 1. The molecular formula is C13H13N3O3. The summed E-state index contributed by atoms with van der Waals surface area (Å²) in [6, 6.07) is 7.08. The Morgan fingerprint density at radius 1 is 1.53 bits per heavy atom. The van der Waals surface area contributed by atoms with Crippen molar-refractivity contribution in [2.24, 2.45) is 18.2 Å². The molecule has 0 bridgehead atoms. The highest BCUT2D eigenvalue weighted by atomic mass is 16.5. The van der Waals surface area contributed by atoms with Crippen molar-refractivity contribution < 1.29 is 9.15 Å². The molecule has 1 unspecified atom stereocenters. The summed E-state index contributed by atoms with van der Waals surface area (Å²) >= 11 is 0. The Balaban J connectivity index is 2.08. The summed E-state index contributed by atoms with van der Waals surface area (Å²) in [5, 5.41) is 9.26. The molecule has 0 aliphatic carbocycles. The van der Waals surface area contributed by atoms with Gasteiger partial charge in [0.05, 0.1) is 30.8 Å². The third kappa shape index (κ3) is 1.59. The average Bonchev–Trinajstić information content (AvgIpc) is 2.64. The number of hydrogen-bond donors (Lipinski definition) is 1. The molecule has 1 aromatic carbocycles. The number of hydrogen-bond acceptors (Lipinski definition) is 5. The van der Waals surface area contributed by atoms with Gasteiger partial charge >= 0.3 is 5.76 Å². The van der Waals surface area contributed by atoms with Crippen LogP contribution < -0.4 is 11.5 Å². The van der Waals surface area contributed by atoms with Crippen molar-refractivity contribution in [3.05, 3.63) is 34.3 Å². The highest BCUT2D eigenvalue weighted by Crippen LogP contribution is 2.38. The van der Waals surface area contributed by atoms with E-state index >= 15 is 0 Å². The van der Waals surface area contributed by atoms with Crippen LogP contribution in [0.4, 0.5) is 0 Å². The Hall–Kier alpha value is -2.10. The van der Waals surface area contributed by atoms with Crippen LogP contribution in [0.15, 0.2) is 27.4 Å². The van der Waals surface area contributed by atoms with Gasteiger partial charge in [-0.1, -0.05) is 6.07 Å². The van der Waals surface area contributed by atoms with E-state index in [1.165, 1.54) is 4.57 Å². The van der Waals surface area contributed by atoms with Crippen molar-refractivity contribution in [2.45, 2.75) is 6.04 Å². The van der Waals surface area contributed by atoms with Crippen LogP contribution in [0.1, 0.15) is 11.6 Å². The lowest BCUT2D eigenvalue weighted by atomic mass is 9.77. The van der Waals surface area contributed by atoms with Gasteiger partial charge in [0.2, 0.25) is 0 Å². The molecule has 1 saturated heterocycles. The van der Waals surface area contributed by atoms with Crippen LogP contribution in [0.2, 0.25) is 0 Å². The molecule has 2 aromatic rings. The first kappa shape index (κ1) is 12.0. The van der Waals surface area contributed by atoms with E-state index in [-0.39, 0.29) is 0 Å². The monoisotopic (exact) mass is 259 g/mol. The van der Waals surface area contributed by atoms with Gasteiger partial charge in [-0.15, -0.1) is 0 Å². The second-order valence-electron chi connectivity index (χ2n) is 4.89. The smallest absolute Gasteiger partial charge is 0.408 e. The number of oxazole rings is 1. The second kappa shape index (κ2) is 3.95. The largest absolute Gasteiger partial charge is 0.419 e. The molecule has 2 heterocycles. The third-order valence-electron chi connectivity index (χ3n) is 3.71. The third-order valence-corrected chi connectivity index (χ3v) is 3.71. The van der Waals surface area contributed by atoms with E-state index in [0.717, 1.165) is 5.56 Å². The maximum absolute atomic E-state index is 11.4. The van der Waals surface area contributed by atoms with E-state index in [1.807, 2.05) is 0 Å². The lowest BCUT2D eigenvalue weighted by Gasteiger charge is -2.39. The highest BCUT2D eigenvalue weighted by molar-refractivity contribution is 5.74. The molecule has 1 atom stereocenters. The first-order chi connectivity index (χ1) is 9.07. The van der Waals surface area contributed by atoms with Crippen molar-refractivity contribution in [1.82, 2.24) is 4.57 Å². The summed E-state index contributed by atoms with van der Waals surface area (Å²) in [5.41, 5.74) is 7.49. The first-order valence-electron chi connectivity index (χ1n) is 5.91. The van der Waals surface area contributed by atoms with Gasteiger partial charge in [0.1, 0.15) is 5.41 Å². The van der Waals surface area contributed by atoms with Gasteiger partial charge in [-0.25, -0.2) is 4.79 Å². The zero-order chi connectivity index (χ0) is 13.6. The SMILES string of the molecule is Cn1c(=O)oc2ccc(C(N)C3(C#N)COC3)cc21. The Morgan fingerprint density at radius 3 is 2.84 bits per heavy atom. The molecule has 1 aliphatic rings. The van der Waals surface area contributed by atoms with Crippen LogP contribution in [-0.2, 0) is 11.8 Å². The van der Waals surface area contributed by atoms with Crippen LogP contribution in [0.5, 0.6) is 0 Å². The van der Waals surface area contributed by atoms with E-state index in [2.05, 4.69) is 6.07 Å². The molecule has 19 heavy (non-hydrogen) atoms. The molecular weight excluding hydrogens is 246 g/mol.